The van der Waals surface area contributed by atoms with E-state index >= 15 is 0 Å². The third-order valence-electron chi connectivity index (χ3n) is 3.20. The van der Waals surface area contributed by atoms with Crippen molar-refractivity contribution in [3.05, 3.63) is 58.0 Å². The molecular formula is C17H14ClF3O4. The molecule has 0 saturated carbocycles. The number of ketones is 1. The predicted octanol–water partition coefficient (Wildman–Crippen LogP) is 4.66. The van der Waals surface area contributed by atoms with Crippen LogP contribution in [0.5, 0.6) is 5.75 Å². The highest BCUT2D eigenvalue weighted by Gasteiger charge is 2.32. The van der Waals surface area contributed by atoms with Crippen LogP contribution in [0.15, 0.2) is 47.4 Å². The van der Waals surface area contributed by atoms with Crippen LogP contribution in [0.25, 0.3) is 6.08 Å². The lowest BCUT2D eigenvalue weighted by atomic mass is 10.1. The second-order valence-electron chi connectivity index (χ2n) is 5.03. The van der Waals surface area contributed by atoms with Crippen LogP contribution < -0.4 is 4.74 Å². The van der Waals surface area contributed by atoms with E-state index in [9.17, 15) is 18.0 Å². The molecule has 1 heterocycles. The van der Waals surface area contributed by atoms with Crippen LogP contribution in [0.1, 0.15) is 12.5 Å². The van der Waals surface area contributed by atoms with Gasteiger partial charge in [-0.1, -0.05) is 23.7 Å². The van der Waals surface area contributed by atoms with Crippen molar-refractivity contribution in [3.63, 3.8) is 0 Å². The Morgan fingerprint density at radius 2 is 2.08 bits per heavy atom. The molecule has 0 amide bonds. The fraction of sp³-hybridized carbons (Fsp3) is 0.235. The molecule has 1 aliphatic heterocycles. The quantitative estimate of drug-likeness (QED) is 0.703. The Morgan fingerprint density at radius 3 is 2.68 bits per heavy atom. The van der Waals surface area contributed by atoms with Crippen molar-refractivity contribution < 1.29 is 32.2 Å². The molecule has 1 aromatic rings. The first kappa shape index (κ1) is 18.9. The Hall–Kier alpha value is -2.41. The van der Waals surface area contributed by atoms with Crippen molar-refractivity contribution in [2.75, 3.05) is 13.7 Å². The highest BCUT2D eigenvalue weighted by molar-refractivity contribution is 6.32. The topological polar surface area (TPSA) is 44.8 Å². The highest BCUT2D eigenvalue weighted by atomic mass is 35.5. The molecule has 0 saturated heterocycles. The molecule has 2 rings (SSSR count). The molecule has 4 nitrogen and oxygen atoms in total. The van der Waals surface area contributed by atoms with E-state index in [4.69, 9.17) is 21.1 Å². The molecule has 0 aliphatic carbocycles. The minimum absolute atomic E-state index is 0.0772. The van der Waals surface area contributed by atoms with E-state index in [0.29, 0.717) is 22.7 Å². The zero-order valence-electron chi connectivity index (χ0n) is 13.3. The smallest absolute Gasteiger partial charge is 0.496 e. The molecule has 0 radical (unpaired) electrons. The molecule has 0 spiro atoms. The summed E-state index contributed by atoms with van der Waals surface area (Å²) in [4.78, 5) is 12.2. The summed E-state index contributed by atoms with van der Waals surface area (Å²) in [6.07, 6.45) is -0.531. The van der Waals surface area contributed by atoms with Gasteiger partial charge in [0, 0.05) is 6.08 Å². The summed E-state index contributed by atoms with van der Waals surface area (Å²) in [6.45, 7) is 1.82. The maximum absolute atomic E-state index is 12.2. The molecule has 1 aromatic carbocycles. The molecule has 25 heavy (non-hydrogen) atoms. The van der Waals surface area contributed by atoms with E-state index < -0.39 is 12.1 Å². The highest BCUT2D eigenvalue weighted by Crippen LogP contribution is 2.31. The molecule has 8 heteroatoms. The average molecular weight is 375 g/mol. The van der Waals surface area contributed by atoms with Gasteiger partial charge >= 0.3 is 6.36 Å². The molecule has 0 fully saturated rings. The van der Waals surface area contributed by atoms with E-state index in [-0.39, 0.29) is 17.4 Å². The van der Waals surface area contributed by atoms with Crippen molar-refractivity contribution in [2.24, 2.45) is 0 Å². The monoisotopic (exact) mass is 374 g/mol. The van der Waals surface area contributed by atoms with Crippen molar-refractivity contribution in [3.8, 4) is 5.75 Å². The van der Waals surface area contributed by atoms with E-state index in [0.717, 1.165) is 6.07 Å². The molecule has 0 atom stereocenters. The van der Waals surface area contributed by atoms with Crippen LogP contribution in [0.2, 0.25) is 5.02 Å². The molecule has 0 N–H and O–H groups in total. The van der Waals surface area contributed by atoms with Crippen molar-refractivity contribution in [1.29, 1.82) is 0 Å². The molecule has 1 aliphatic rings. The molecule has 0 bridgehead atoms. The number of allylic oxidation sites excluding steroid dienone is 3. The number of hydrogen-bond donors (Lipinski definition) is 0. The van der Waals surface area contributed by atoms with Crippen LogP contribution in [0.4, 0.5) is 13.2 Å². The maximum Gasteiger partial charge on any atom is 0.573 e. The number of ether oxygens (including phenoxy) is 3. The minimum atomic E-state index is -4.83. The van der Waals surface area contributed by atoms with Crippen molar-refractivity contribution in [2.45, 2.75) is 13.3 Å². The summed E-state index contributed by atoms with van der Waals surface area (Å²) < 4.78 is 50.9. The Labute approximate surface area is 147 Å². The lowest BCUT2D eigenvalue weighted by Crippen LogP contribution is -2.17. The maximum atomic E-state index is 12.2. The van der Waals surface area contributed by atoms with Gasteiger partial charge in [0.2, 0.25) is 0 Å². The fourth-order valence-electron chi connectivity index (χ4n) is 2.05. The van der Waals surface area contributed by atoms with Gasteiger partial charge in [0.15, 0.2) is 5.78 Å². The van der Waals surface area contributed by atoms with Gasteiger partial charge in [0.25, 0.3) is 0 Å². The van der Waals surface area contributed by atoms with Gasteiger partial charge in [-0.3, -0.25) is 4.79 Å². The van der Waals surface area contributed by atoms with Crippen LogP contribution >= 0.6 is 11.6 Å². The molecule has 0 aromatic heterocycles. The number of methoxy groups -OCH3 is 1. The van der Waals surface area contributed by atoms with Gasteiger partial charge in [0.1, 0.15) is 18.1 Å². The second-order valence-corrected chi connectivity index (χ2v) is 5.43. The Bertz CT molecular complexity index is 764. The molecule has 0 unspecified atom stereocenters. The van der Waals surface area contributed by atoms with Crippen molar-refractivity contribution in [1.82, 2.24) is 0 Å². The summed E-state index contributed by atoms with van der Waals surface area (Å²) >= 11 is 5.76. The van der Waals surface area contributed by atoms with Gasteiger partial charge in [-0.25, -0.2) is 0 Å². The fourth-order valence-corrected chi connectivity index (χ4v) is 2.27. The van der Waals surface area contributed by atoms with Gasteiger partial charge in [-0.15, -0.1) is 13.2 Å². The number of carbonyl (C=O) groups excluding carboxylic acids is 1. The third kappa shape index (κ3) is 5.29. The van der Waals surface area contributed by atoms with Crippen LogP contribution in [0, 0.1) is 0 Å². The molecule has 134 valence electrons. The average Bonchev–Trinajstić information content (AvgIpc) is 2.53. The zero-order chi connectivity index (χ0) is 18.6. The molecular weight excluding hydrogens is 361 g/mol. The first-order chi connectivity index (χ1) is 11.7. The van der Waals surface area contributed by atoms with Gasteiger partial charge < -0.3 is 14.2 Å². The van der Waals surface area contributed by atoms with E-state index in [1.807, 2.05) is 0 Å². The van der Waals surface area contributed by atoms with E-state index in [1.165, 1.54) is 31.4 Å². The van der Waals surface area contributed by atoms with E-state index in [1.54, 1.807) is 13.0 Å². The standard InChI is InChI=1S/C17H14ClF3O4/c1-10-7-16(23-2)12(9-24-10)14(22)5-3-11-4-6-15(13(18)8-11)25-17(19,20)21/h3-8H,9H2,1-2H3/b5-3+. The lowest BCUT2D eigenvalue weighted by molar-refractivity contribution is -0.274. The number of carbonyl (C=O) groups is 1. The summed E-state index contributed by atoms with van der Waals surface area (Å²) in [5, 5.41) is -0.219. The Kier molecular flexibility index (Phi) is 5.79. The normalized spacial score (nSPS) is 15.0. The SMILES string of the molecule is COC1=C(C(=O)/C=C/c2ccc(OC(F)(F)F)c(Cl)c2)COC(C)=C1. The lowest BCUT2D eigenvalue weighted by Gasteiger charge is -2.16. The summed E-state index contributed by atoms with van der Waals surface area (Å²) in [7, 11) is 1.45. The minimum Gasteiger partial charge on any atom is -0.496 e. The zero-order valence-corrected chi connectivity index (χ0v) is 14.1. The predicted molar refractivity (Wildman–Crippen MR) is 85.9 cm³/mol. The third-order valence-corrected chi connectivity index (χ3v) is 3.50. The number of rotatable bonds is 5. The van der Waals surface area contributed by atoms with Gasteiger partial charge in [0.05, 0.1) is 23.5 Å². The summed E-state index contributed by atoms with van der Waals surface area (Å²) in [5.74, 6) is 0.186. The van der Waals surface area contributed by atoms with Crippen LogP contribution in [-0.4, -0.2) is 25.9 Å². The van der Waals surface area contributed by atoms with Crippen LogP contribution in [-0.2, 0) is 14.3 Å². The van der Waals surface area contributed by atoms with Gasteiger partial charge in [-0.05, 0) is 30.7 Å². The Morgan fingerprint density at radius 1 is 1.36 bits per heavy atom. The first-order valence-electron chi connectivity index (χ1n) is 7.05. The second kappa shape index (κ2) is 7.65. The Balaban J connectivity index is 2.16. The van der Waals surface area contributed by atoms with Crippen LogP contribution in [0.3, 0.4) is 0 Å². The summed E-state index contributed by atoms with van der Waals surface area (Å²) in [5.41, 5.74) is 0.781. The van der Waals surface area contributed by atoms with E-state index in [2.05, 4.69) is 4.74 Å². The number of hydrogen-bond acceptors (Lipinski definition) is 4. The number of benzene rings is 1. The summed E-state index contributed by atoms with van der Waals surface area (Å²) in [6, 6.07) is 3.69. The largest absolute Gasteiger partial charge is 0.573 e. The van der Waals surface area contributed by atoms with Crippen molar-refractivity contribution >= 4 is 23.5 Å². The number of alkyl halides is 3. The van der Waals surface area contributed by atoms with Gasteiger partial charge in [-0.2, -0.15) is 0 Å². The first-order valence-corrected chi connectivity index (χ1v) is 7.43. The number of halogens is 4.